The van der Waals surface area contributed by atoms with Gasteiger partial charge in [0, 0.05) is 19.3 Å². The van der Waals surface area contributed by atoms with Crippen molar-refractivity contribution >= 4 is 17.9 Å². The molecular weight excluding hydrogens is 661 g/mol. The summed E-state index contributed by atoms with van der Waals surface area (Å²) in [5.41, 5.74) is 0. The van der Waals surface area contributed by atoms with Gasteiger partial charge in [-0.1, -0.05) is 208 Å². The molecule has 53 heavy (non-hydrogen) atoms. The SMILES string of the molecule is CC(C)CCCCCCCCCCCCCCCC(=O)O[C@H](COC(=O)CCCCCCCCCC(C)C)COC(=O)CCCCCCCCC(C)C. The van der Waals surface area contributed by atoms with Gasteiger partial charge in [0.05, 0.1) is 0 Å². The number of rotatable bonds is 40. The summed E-state index contributed by atoms with van der Waals surface area (Å²) in [6, 6.07) is 0. The molecule has 0 rings (SSSR count). The molecule has 0 fully saturated rings. The fourth-order valence-corrected chi connectivity index (χ4v) is 6.88. The van der Waals surface area contributed by atoms with Gasteiger partial charge in [-0.05, 0) is 37.0 Å². The largest absolute Gasteiger partial charge is 0.462 e. The van der Waals surface area contributed by atoms with Crippen molar-refractivity contribution in [1.82, 2.24) is 0 Å². The van der Waals surface area contributed by atoms with E-state index < -0.39 is 6.10 Å². The summed E-state index contributed by atoms with van der Waals surface area (Å²) >= 11 is 0. The van der Waals surface area contributed by atoms with Crippen molar-refractivity contribution in [1.29, 1.82) is 0 Å². The number of hydrogen-bond acceptors (Lipinski definition) is 6. The van der Waals surface area contributed by atoms with Crippen LogP contribution in [-0.2, 0) is 28.6 Å². The molecule has 6 heteroatoms. The van der Waals surface area contributed by atoms with Crippen molar-refractivity contribution in [2.24, 2.45) is 17.8 Å². The lowest BCUT2D eigenvalue weighted by Gasteiger charge is -2.18. The molecule has 0 aromatic carbocycles. The van der Waals surface area contributed by atoms with E-state index in [9.17, 15) is 14.4 Å². The molecule has 0 saturated heterocycles. The highest BCUT2D eigenvalue weighted by atomic mass is 16.6. The quantitative estimate of drug-likeness (QED) is 0.0352. The normalized spacial score (nSPS) is 12.2. The second kappa shape index (κ2) is 38.7. The molecule has 0 heterocycles. The first-order chi connectivity index (χ1) is 25.6. The monoisotopic (exact) mass is 751 g/mol. The van der Waals surface area contributed by atoms with Crippen LogP contribution in [0.3, 0.4) is 0 Å². The Hall–Kier alpha value is -1.59. The number of esters is 3. The Morgan fingerprint density at radius 1 is 0.321 bits per heavy atom. The maximum absolute atomic E-state index is 12.7. The van der Waals surface area contributed by atoms with Crippen LogP contribution in [0.25, 0.3) is 0 Å². The van der Waals surface area contributed by atoms with Crippen molar-refractivity contribution in [2.75, 3.05) is 13.2 Å². The van der Waals surface area contributed by atoms with Crippen LogP contribution in [0.2, 0.25) is 0 Å². The minimum Gasteiger partial charge on any atom is -0.462 e. The Balaban J connectivity index is 4.30. The van der Waals surface area contributed by atoms with E-state index >= 15 is 0 Å². The highest BCUT2D eigenvalue weighted by Crippen LogP contribution is 2.17. The van der Waals surface area contributed by atoms with Crippen molar-refractivity contribution in [3.63, 3.8) is 0 Å². The third kappa shape index (κ3) is 41.4. The molecule has 0 spiro atoms. The Kier molecular flexibility index (Phi) is 37.5. The predicted octanol–water partition coefficient (Wildman–Crippen LogP) is 14.4. The van der Waals surface area contributed by atoms with E-state index in [0.29, 0.717) is 19.3 Å². The van der Waals surface area contributed by atoms with Crippen molar-refractivity contribution in [3.8, 4) is 0 Å². The van der Waals surface area contributed by atoms with Crippen molar-refractivity contribution in [3.05, 3.63) is 0 Å². The molecule has 0 aromatic rings. The molecule has 0 N–H and O–H groups in total. The molecule has 0 aliphatic carbocycles. The number of carbonyl (C=O) groups excluding carboxylic acids is 3. The van der Waals surface area contributed by atoms with E-state index in [-0.39, 0.29) is 31.1 Å². The van der Waals surface area contributed by atoms with E-state index in [1.807, 2.05) is 0 Å². The van der Waals surface area contributed by atoms with E-state index in [0.717, 1.165) is 75.5 Å². The van der Waals surface area contributed by atoms with Crippen LogP contribution < -0.4 is 0 Å². The summed E-state index contributed by atoms with van der Waals surface area (Å²) in [5, 5.41) is 0. The van der Waals surface area contributed by atoms with Crippen molar-refractivity contribution in [2.45, 2.75) is 253 Å². The summed E-state index contributed by atoms with van der Waals surface area (Å²) in [6.45, 7) is 13.6. The standard InChI is InChI=1S/C47H90O6/c1-41(2)33-27-21-15-12-10-8-7-9-11-13-17-26-32-38-47(50)53-44(40-52-46(49)37-31-25-20-19-23-29-35-43(5)6)39-51-45(48)36-30-24-18-14-16-22-28-34-42(3)4/h41-44H,7-40H2,1-6H3/t44-/m1/s1. The maximum Gasteiger partial charge on any atom is 0.306 e. The minimum atomic E-state index is -0.762. The first kappa shape index (κ1) is 51.4. The molecule has 0 radical (unpaired) electrons. The molecule has 1 atom stereocenters. The molecule has 0 aromatic heterocycles. The zero-order valence-electron chi connectivity index (χ0n) is 36.3. The van der Waals surface area contributed by atoms with Gasteiger partial charge in [-0.25, -0.2) is 0 Å². The van der Waals surface area contributed by atoms with Crippen LogP contribution in [0, 0.1) is 17.8 Å². The third-order valence-electron chi connectivity index (χ3n) is 10.4. The molecule has 0 saturated carbocycles. The van der Waals surface area contributed by atoms with Gasteiger partial charge in [0.25, 0.3) is 0 Å². The molecule has 0 bridgehead atoms. The van der Waals surface area contributed by atoms with Crippen LogP contribution in [0.5, 0.6) is 0 Å². The summed E-state index contributed by atoms with van der Waals surface area (Å²) in [5.74, 6) is 1.52. The molecular formula is C47H90O6. The number of unbranched alkanes of at least 4 members (excludes halogenated alkanes) is 23. The van der Waals surface area contributed by atoms with E-state index in [2.05, 4.69) is 41.5 Å². The average Bonchev–Trinajstić information content (AvgIpc) is 3.11. The topological polar surface area (TPSA) is 78.9 Å². The van der Waals surface area contributed by atoms with Crippen molar-refractivity contribution < 1.29 is 28.6 Å². The Labute approximate surface area is 329 Å². The Morgan fingerprint density at radius 2 is 0.547 bits per heavy atom. The van der Waals surface area contributed by atoms with Gasteiger partial charge in [-0.3, -0.25) is 14.4 Å². The molecule has 0 unspecified atom stereocenters. The van der Waals surface area contributed by atoms with Gasteiger partial charge < -0.3 is 14.2 Å². The lowest BCUT2D eigenvalue weighted by atomic mass is 10.0. The van der Waals surface area contributed by atoms with Gasteiger partial charge in [0.2, 0.25) is 0 Å². The van der Waals surface area contributed by atoms with E-state index in [1.54, 1.807) is 0 Å². The lowest BCUT2D eigenvalue weighted by Crippen LogP contribution is -2.30. The summed E-state index contributed by atoms with van der Waals surface area (Å²) in [7, 11) is 0. The smallest absolute Gasteiger partial charge is 0.306 e. The number of hydrogen-bond donors (Lipinski definition) is 0. The predicted molar refractivity (Wildman–Crippen MR) is 224 cm³/mol. The van der Waals surface area contributed by atoms with Crippen LogP contribution >= 0.6 is 0 Å². The minimum absolute atomic E-state index is 0.0672. The van der Waals surface area contributed by atoms with Crippen LogP contribution in [-0.4, -0.2) is 37.2 Å². The van der Waals surface area contributed by atoms with Crippen LogP contribution in [0.15, 0.2) is 0 Å². The lowest BCUT2D eigenvalue weighted by molar-refractivity contribution is -0.167. The second-order valence-corrected chi connectivity index (χ2v) is 17.5. The van der Waals surface area contributed by atoms with Gasteiger partial charge in [0.1, 0.15) is 13.2 Å². The van der Waals surface area contributed by atoms with Gasteiger partial charge in [0.15, 0.2) is 6.10 Å². The summed E-state index contributed by atoms with van der Waals surface area (Å²) in [4.78, 5) is 37.7. The maximum atomic E-state index is 12.7. The molecule has 0 amide bonds. The Morgan fingerprint density at radius 3 is 0.811 bits per heavy atom. The zero-order valence-corrected chi connectivity index (χ0v) is 36.3. The van der Waals surface area contributed by atoms with E-state index in [4.69, 9.17) is 14.2 Å². The van der Waals surface area contributed by atoms with Gasteiger partial charge in [-0.2, -0.15) is 0 Å². The highest BCUT2D eigenvalue weighted by molar-refractivity contribution is 5.71. The fraction of sp³-hybridized carbons (Fsp3) is 0.936. The average molecular weight is 751 g/mol. The van der Waals surface area contributed by atoms with Gasteiger partial charge >= 0.3 is 17.9 Å². The zero-order chi connectivity index (χ0) is 39.2. The molecule has 6 nitrogen and oxygen atoms in total. The van der Waals surface area contributed by atoms with Gasteiger partial charge in [-0.15, -0.1) is 0 Å². The number of ether oxygens (including phenoxy) is 3. The summed E-state index contributed by atoms with van der Waals surface area (Å²) in [6.07, 6.45) is 35.4. The molecule has 0 aliphatic rings. The summed E-state index contributed by atoms with van der Waals surface area (Å²) < 4.78 is 16.7. The molecule has 0 aliphatic heterocycles. The first-order valence-corrected chi connectivity index (χ1v) is 23.1. The third-order valence-corrected chi connectivity index (χ3v) is 10.4. The highest BCUT2D eigenvalue weighted by Gasteiger charge is 2.19. The van der Waals surface area contributed by atoms with E-state index in [1.165, 1.54) is 128 Å². The molecule has 314 valence electrons. The number of carbonyl (C=O) groups is 3. The van der Waals surface area contributed by atoms with Crippen LogP contribution in [0.1, 0.15) is 247 Å². The first-order valence-electron chi connectivity index (χ1n) is 23.1. The fourth-order valence-electron chi connectivity index (χ4n) is 6.88. The second-order valence-electron chi connectivity index (χ2n) is 17.5. The van der Waals surface area contributed by atoms with Crippen LogP contribution in [0.4, 0.5) is 0 Å². The Bertz CT molecular complexity index is 822.